The van der Waals surface area contributed by atoms with Gasteiger partial charge in [-0.3, -0.25) is 9.59 Å². The molecule has 1 saturated carbocycles. The zero-order valence-corrected chi connectivity index (χ0v) is 9.01. The number of aromatic amines is 1. The zero-order chi connectivity index (χ0) is 11.1. The Bertz CT molecular complexity index is 456. The lowest BCUT2D eigenvalue weighted by atomic mass is 9.87. The van der Waals surface area contributed by atoms with Crippen molar-refractivity contribution >= 4 is 17.4 Å². The average Bonchev–Trinajstić information content (AvgIpc) is 2.82. The van der Waals surface area contributed by atoms with Crippen molar-refractivity contribution in [1.29, 1.82) is 0 Å². The Balaban J connectivity index is 1.89. The summed E-state index contributed by atoms with van der Waals surface area (Å²) in [4.78, 5) is 25.7. The van der Waals surface area contributed by atoms with Gasteiger partial charge in [-0.1, -0.05) is 19.3 Å². The van der Waals surface area contributed by atoms with Gasteiger partial charge in [0.2, 0.25) is 0 Å². The second-order valence-electron chi connectivity index (χ2n) is 4.63. The summed E-state index contributed by atoms with van der Waals surface area (Å²) in [6.45, 7) is 0. The molecule has 1 aromatic rings. The van der Waals surface area contributed by atoms with Crippen molar-refractivity contribution in [2.75, 3.05) is 5.32 Å². The number of carbonyl (C=O) groups is 2. The first-order chi connectivity index (χ1) is 7.75. The van der Waals surface area contributed by atoms with Crippen molar-refractivity contribution in [3.8, 4) is 0 Å². The minimum Gasteiger partial charge on any atom is -0.354 e. The zero-order valence-electron chi connectivity index (χ0n) is 9.01. The quantitative estimate of drug-likeness (QED) is 0.710. The van der Waals surface area contributed by atoms with E-state index in [9.17, 15) is 9.59 Å². The molecule has 3 rings (SSSR count). The first kappa shape index (κ1) is 9.63. The molecule has 2 N–H and O–H groups in total. The normalized spacial score (nSPS) is 21.0. The van der Waals surface area contributed by atoms with E-state index in [1.807, 2.05) is 6.07 Å². The fraction of sp³-hybridized carbons (Fsp3) is 0.500. The minimum atomic E-state index is -0.517. The molecule has 0 bridgehead atoms. The molecule has 0 radical (unpaired) electrons. The van der Waals surface area contributed by atoms with Crippen LogP contribution in [0.2, 0.25) is 0 Å². The number of amides is 1. The number of hydrogen-bond acceptors (Lipinski definition) is 2. The molecule has 4 heteroatoms. The summed E-state index contributed by atoms with van der Waals surface area (Å²) in [7, 11) is 0. The van der Waals surface area contributed by atoms with Crippen LogP contribution < -0.4 is 5.32 Å². The van der Waals surface area contributed by atoms with E-state index in [4.69, 9.17) is 0 Å². The van der Waals surface area contributed by atoms with Gasteiger partial charge < -0.3 is 10.3 Å². The van der Waals surface area contributed by atoms with Crippen LogP contribution >= 0.6 is 0 Å². The van der Waals surface area contributed by atoms with Gasteiger partial charge in [-0.25, -0.2) is 0 Å². The maximum absolute atomic E-state index is 11.4. The molecule has 0 saturated heterocycles. The number of rotatable bonds is 1. The highest BCUT2D eigenvalue weighted by Crippen LogP contribution is 2.35. The largest absolute Gasteiger partial charge is 0.354 e. The Hall–Kier alpha value is -1.58. The van der Waals surface area contributed by atoms with E-state index in [0.29, 0.717) is 17.3 Å². The number of ketones is 1. The third-order valence-electron chi connectivity index (χ3n) is 3.57. The van der Waals surface area contributed by atoms with Gasteiger partial charge in [0.15, 0.2) is 0 Å². The molecule has 2 aliphatic rings. The molecule has 4 nitrogen and oxygen atoms in total. The predicted octanol–water partition coefficient (Wildman–Crippen LogP) is 2.20. The number of anilines is 1. The SMILES string of the molecule is O=C1Nc2cc(C3CCCCC3)[nH]c2C1=O. The summed E-state index contributed by atoms with van der Waals surface area (Å²) in [6.07, 6.45) is 6.19. The first-order valence-electron chi connectivity index (χ1n) is 5.84. The van der Waals surface area contributed by atoms with E-state index in [2.05, 4.69) is 10.3 Å². The molecule has 2 heterocycles. The summed E-state index contributed by atoms with van der Waals surface area (Å²) in [5.74, 6) is -0.419. The van der Waals surface area contributed by atoms with Crippen LogP contribution in [-0.2, 0) is 4.79 Å². The molecular formula is C12H14N2O2. The standard InChI is InChI=1S/C12H14N2O2/c15-11-10-9(14-12(11)16)6-8(13-10)7-4-2-1-3-5-7/h6-7,13H,1-5H2,(H,14,15,16). The van der Waals surface area contributed by atoms with Crippen LogP contribution in [-0.4, -0.2) is 16.7 Å². The van der Waals surface area contributed by atoms with Gasteiger partial charge in [-0.05, 0) is 24.8 Å². The average molecular weight is 218 g/mol. The molecule has 0 atom stereocenters. The van der Waals surface area contributed by atoms with E-state index >= 15 is 0 Å². The van der Waals surface area contributed by atoms with Gasteiger partial charge in [0, 0.05) is 5.69 Å². The molecule has 1 fully saturated rings. The van der Waals surface area contributed by atoms with E-state index in [1.165, 1.54) is 32.1 Å². The highest BCUT2D eigenvalue weighted by atomic mass is 16.2. The van der Waals surface area contributed by atoms with Gasteiger partial charge in [0.1, 0.15) is 5.69 Å². The fourth-order valence-electron chi connectivity index (χ4n) is 2.68. The molecule has 1 amide bonds. The van der Waals surface area contributed by atoms with Gasteiger partial charge >= 0.3 is 0 Å². The van der Waals surface area contributed by atoms with E-state index in [1.54, 1.807) is 0 Å². The molecule has 1 aliphatic heterocycles. The minimum absolute atomic E-state index is 0.433. The van der Waals surface area contributed by atoms with Gasteiger partial charge in [-0.2, -0.15) is 0 Å². The van der Waals surface area contributed by atoms with E-state index in [-0.39, 0.29) is 0 Å². The Labute approximate surface area is 93.4 Å². The lowest BCUT2D eigenvalue weighted by Crippen LogP contribution is -2.14. The number of carbonyl (C=O) groups excluding carboxylic acids is 2. The van der Waals surface area contributed by atoms with Crippen LogP contribution in [0.15, 0.2) is 6.07 Å². The van der Waals surface area contributed by atoms with E-state index in [0.717, 1.165) is 5.69 Å². The highest BCUT2D eigenvalue weighted by Gasteiger charge is 2.31. The third kappa shape index (κ3) is 1.37. The van der Waals surface area contributed by atoms with Crippen molar-refractivity contribution < 1.29 is 9.59 Å². The maximum atomic E-state index is 11.4. The third-order valence-corrected chi connectivity index (χ3v) is 3.57. The first-order valence-corrected chi connectivity index (χ1v) is 5.84. The summed E-state index contributed by atoms with van der Waals surface area (Å²) < 4.78 is 0. The number of hydrogen-bond donors (Lipinski definition) is 2. The monoisotopic (exact) mass is 218 g/mol. The smallest absolute Gasteiger partial charge is 0.298 e. The molecule has 0 spiro atoms. The van der Waals surface area contributed by atoms with Crippen molar-refractivity contribution in [3.05, 3.63) is 17.5 Å². The number of Topliss-reactive ketones (excluding diaryl/α,β-unsaturated/α-hetero) is 1. The van der Waals surface area contributed by atoms with Gasteiger partial charge in [-0.15, -0.1) is 0 Å². The lowest BCUT2D eigenvalue weighted by Gasteiger charge is -2.20. The molecule has 1 aliphatic carbocycles. The van der Waals surface area contributed by atoms with Crippen LogP contribution in [0.3, 0.4) is 0 Å². The molecule has 0 aromatic carbocycles. The summed E-state index contributed by atoms with van der Waals surface area (Å²) >= 11 is 0. The van der Waals surface area contributed by atoms with Crippen molar-refractivity contribution in [3.63, 3.8) is 0 Å². The summed E-state index contributed by atoms with van der Waals surface area (Å²) in [5, 5.41) is 2.59. The number of H-pyrrole nitrogens is 1. The van der Waals surface area contributed by atoms with Crippen LogP contribution in [0, 0.1) is 0 Å². The Morgan fingerprint density at radius 1 is 1.12 bits per heavy atom. The predicted molar refractivity (Wildman–Crippen MR) is 59.6 cm³/mol. The number of nitrogens with one attached hydrogen (secondary N) is 2. The van der Waals surface area contributed by atoms with E-state index < -0.39 is 11.7 Å². The molecule has 0 unspecified atom stereocenters. The van der Waals surface area contributed by atoms with Crippen LogP contribution in [0.1, 0.15) is 54.2 Å². The highest BCUT2D eigenvalue weighted by molar-refractivity contribution is 6.51. The second-order valence-corrected chi connectivity index (χ2v) is 4.63. The molecule has 84 valence electrons. The topological polar surface area (TPSA) is 62.0 Å². The molecule has 1 aromatic heterocycles. The van der Waals surface area contributed by atoms with Crippen molar-refractivity contribution in [2.45, 2.75) is 38.0 Å². The van der Waals surface area contributed by atoms with Crippen LogP contribution in [0.4, 0.5) is 5.69 Å². The Kier molecular flexibility index (Phi) is 2.09. The summed E-state index contributed by atoms with van der Waals surface area (Å²) in [6, 6.07) is 1.92. The van der Waals surface area contributed by atoms with Crippen LogP contribution in [0.25, 0.3) is 0 Å². The van der Waals surface area contributed by atoms with Crippen molar-refractivity contribution in [2.24, 2.45) is 0 Å². The Morgan fingerprint density at radius 3 is 2.56 bits per heavy atom. The number of fused-ring (bicyclic) bond motifs is 1. The Morgan fingerprint density at radius 2 is 1.88 bits per heavy atom. The van der Waals surface area contributed by atoms with Crippen molar-refractivity contribution in [1.82, 2.24) is 4.98 Å². The van der Waals surface area contributed by atoms with Gasteiger partial charge in [0.05, 0.1) is 5.69 Å². The van der Waals surface area contributed by atoms with Gasteiger partial charge in [0.25, 0.3) is 11.7 Å². The summed E-state index contributed by atoms with van der Waals surface area (Å²) in [5.41, 5.74) is 2.22. The second kappa shape index (κ2) is 3.47. The number of aromatic nitrogens is 1. The molecular weight excluding hydrogens is 204 g/mol. The maximum Gasteiger partial charge on any atom is 0.298 e. The van der Waals surface area contributed by atoms with Crippen LogP contribution in [0.5, 0.6) is 0 Å². The fourth-order valence-corrected chi connectivity index (χ4v) is 2.68. The lowest BCUT2D eigenvalue weighted by molar-refractivity contribution is -0.112. The molecule has 16 heavy (non-hydrogen) atoms.